The molecule has 3 nitrogen and oxygen atoms in total. The fourth-order valence-electron chi connectivity index (χ4n) is 1.60. The third kappa shape index (κ3) is 1.50. The zero-order valence-electron chi connectivity index (χ0n) is 7.60. The molecule has 1 aromatic heterocycles. The summed E-state index contributed by atoms with van der Waals surface area (Å²) in [5.41, 5.74) is 0.593. The number of fused-ring (bicyclic) bond motifs is 1. The molecule has 0 amide bonds. The van der Waals surface area contributed by atoms with E-state index in [0.29, 0.717) is 18.8 Å². The largest absolute Gasteiger partial charge is 0.449 e. The summed E-state index contributed by atoms with van der Waals surface area (Å²) in [7, 11) is 0. The molecule has 6 heteroatoms. The minimum Gasteiger partial charge on any atom is -0.322 e. The van der Waals surface area contributed by atoms with Crippen LogP contribution in [-0.4, -0.2) is 15.6 Å². The van der Waals surface area contributed by atoms with Gasteiger partial charge in [0.05, 0.1) is 11.9 Å². The van der Waals surface area contributed by atoms with Gasteiger partial charge in [-0.1, -0.05) is 0 Å². The summed E-state index contributed by atoms with van der Waals surface area (Å²) in [6, 6.07) is 0.0535. The standard InChI is InChI=1S/C8H10F3N3/c1-5-4-14-6(2-12-5)3-13-7(14)8(9,10)11/h3,5,12H,2,4H2,1H3. The molecule has 78 valence electrons. The van der Waals surface area contributed by atoms with E-state index in [1.165, 1.54) is 10.8 Å². The minimum absolute atomic E-state index is 0.0535. The summed E-state index contributed by atoms with van der Waals surface area (Å²) in [5.74, 6) is -0.791. The highest BCUT2D eigenvalue weighted by molar-refractivity contribution is 5.10. The van der Waals surface area contributed by atoms with Crippen LogP contribution in [-0.2, 0) is 19.3 Å². The lowest BCUT2D eigenvalue weighted by molar-refractivity contribution is -0.147. The SMILES string of the molecule is CC1Cn2c(cnc2C(F)(F)F)CN1. The van der Waals surface area contributed by atoms with Gasteiger partial charge >= 0.3 is 6.18 Å². The minimum atomic E-state index is -4.35. The molecule has 1 aliphatic rings. The number of aromatic nitrogens is 2. The first kappa shape index (κ1) is 9.51. The van der Waals surface area contributed by atoms with Crippen molar-refractivity contribution in [2.45, 2.75) is 32.2 Å². The van der Waals surface area contributed by atoms with Crippen molar-refractivity contribution in [3.05, 3.63) is 17.7 Å². The molecular weight excluding hydrogens is 195 g/mol. The van der Waals surface area contributed by atoms with Gasteiger partial charge in [0.15, 0.2) is 0 Å². The Morgan fingerprint density at radius 2 is 2.29 bits per heavy atom. The summed E-state index contributed by atoms with van der Waals surface area (Å²) in [5, 5.41) is 3.07. The first-order valence-electron chi connectivity index (χ1n) is 4.33. The van der Waals surface area contributed by atoms with Crippen molar-refractivity contribution in [1.29, 1.82) is 0 Å². The monoisotopic (exact) mass is 205 g/mol. The van der Waals surface area contributed by atoms with E-state index in [-0.39, 0.29) is 6.04 Å². The van der Waals surface area contributed by atoms with Crippen LogP contribution in [0, 0.1) is 0 Å². The van der Waals surface area contributed by atoms with Gasteiger partial charge in [-0.3, -0.25) is 0 Å². The topological polar surface area (TPSA) is 29.9 Å². The quantitative estimate of drug-likeness (QED) is 0.693. The second-order valence-electron chi connectivity index (χ2n) is 3.46. The average molecular weight is 205 g/mol. The van der Waals surface area contributed by atoms with E-state index in [4.69, 9.17) is 0 Å². The van der Waals surface area contributed by atoms with Crippen LogP contribution in [0.4, 0.5) is 13.2 Å². The zero-order valence-corrected chi connectivity index (χ0v) is 7.60. The maximum absolute atomic E-state index is 12.4. The number of halogens is 3. The highest BCUT2D eigenvalue weighted by Gasteiger charge is 2.38. The lowest BCUT2D eigenvalue weighted by Gasteiger charge is -2.24. The predicted molar refractivity (Wildman–Crippen MR) is 43.5 cm³/mol. The van der Waals surface area contributed by atoms with E-state index >= 15 is 0 Å². The summed E-state index contributed by atoms with van der Waals surface area (Å²) >= 11 is 0. The summed E-state index contributed by atoms with van der Waals surface area (Å²) in [4.78, 5) is 3.40. The van der Waals surface area contributed by atoms with E-state index in [1.807, 2.05) is 6.92 Å². The molecule has 0 spiro atoms. The zero-order chi connectivity index (χ0) is 10.3. The highest BCUT2D eigenvalue weighted by atomic mass is 19.4. The van der Waals surface area contributed by atoms with Gasteiger partial charge in [0, 0.05) is 19.1 Å². The Balaban J connectivity index is 2.41. The van der Waals surface area contributed by atoms with Crippen LogP contribution >= 0.6 is 0 Å². The maximum Gasteiger partial charge on any atom is 0.449 e. The second-order valence-corrected chi connectivity index (χ2v) is 3.46. The van der Waals surface area contributed by atoms with Crippen molar-refractivity contribution in [3.63, 3.8) is 0 Å². The molecule has 0 fully saturated rings. The number of nitrogens with one attached hydrogen (secondary N) is 1. The number of alkyl halides is 3. The average Bonchev–Trinajstić information content (AvgIpc) is 2.45. The fourth-order valence-corrected chi connectivity index (χ4v) is 1.60. The van der Waals surface area contributed by atoms with Crippen molar-refractivity contribution in [3.8, 4) is 0 Å². The van der Waals surface area contributed by atoms with Crippen LogP contribution in [0.3, 0.4) is 0 Å². The van der Waals surface area contributed by atoms with Crippen LogP contribution in [0.15, 0.2) is 6.20 Å². The van der Waals surface area contributed by atoms with Gasteiger partial charge in [0.1, 0.15) is 0 Å². The van der Waals surface area contributed by atoms with E-state index in [1.54, 1.807) is 0 Å². The number of imidazole rings is 1. The summed E-state index contributed by atoms with van der Waals surface area (Å²) in [6.07, 6.45) is -3.07. The van der Waals surface area contributed by atoms with Crippen molar-refractivity contribution < 1.29 is 13.2 Å². The van der Waals surface area contributed by atoms with Crippen molar-refractivity contribution in [2.24, 2.45) is 0 Å². The molecule has 0 aliphatic carbocycles. The third-order valence-corrected chi connectivity index (χ3v) is 2.28. The van der Waals surface area contributed by atoms with Crippen LogP contribution in [0.1, 0.15) is 18.4 Å². The molecule has 2 heterocycles. The van der Waals surface area contributed by atoms with Crippen molar-refractivity contribution >= 4 is 0 Å². The van der Waals surface area contributed by atoms with Gasteiger partial charge in [0.25, 0.3) is 0 Å². The summed E-state index contributed by atoms with van der Waals surface area (Å²) in [6.45, 7) is 2.62. The second kappa shape index (κ2) is 2.98. The number of rotatable bonds is 0. The normalized spacial score (nSPS) is 22.1. The molecule has 14 heavy (non-hydrogen) atoms. The van der Waals surface area contributed by atoms with Crippen molar-refractivity contribution in [2.75, 3.05) is 0 Å². The van der Waals surface area contributed by atoms with Crippen LogP contribution in [0.2, 0.25) is 0 Å². The molecule has 0 radical (unpaired) electrons. The number of nitrogens with zero attached hydrogens (tertiary/aromatic N) is 2. The van der Waals surface area contributed by atoms with Gasteiger partial charge in [-0.15, -0.1) is 0 Å². The Morgan fingerprint density at radius 3 is 2.93 bits per heavy atom. The third-order valence-electron chi connectivity index (χ3n) is 2.28. The Morgan fingerprint density at radius 1 is 1.57 bits per heavy atom. The van der Waals surface area contributed by atoms with Gasteiger partial charge < -0.3 is 9.88 Å². The Hall–Kier alpha value is -1.04. The first-order chi connectivity index (χ1) is 6.48. The molecular formula is C8H10F3N3. The number of hydrogen-bond donors (Lipinski definition) is 1. The lowest BCUT2D eigenvalue weighted by atomic mass is 10.2. The molecule has 0 saturated carbocycles. The van der Waals surface area contributed by atoms with Gasteiger partial charge in [-0.25, -0.2) is 4.98 Å². The molecule has 1 aliphatic heterocycles. The molecule has 1 atom stereocenters. The van der Waals surface area contributed by atoms with E-state index in [9.17, 15) is 13.2 Å². The Labute approximate surface area is 78.9 Å². The smallest absolute Gasteiger partial charge is 0.322 e. The van der Waals surface area contributed by atoms with Gasteiger partial charge in [-0.05, 0) is 6.92 Å². The van der Waals surface area contributed by atoms with Gasteiger partial charge in [0.2, 0.25) is 5.82 Å². The fraction of sp³-hybridized carbons (Fsp3) is 0.625. The maximum atomic E-state index is 12.4. The highest BCUT2D eigenvalue weighted by Crippen LogP contribution is 2.29. The van der Waals surface area contributed by atoms with E-state index < -0.39 is 12.0 Å². The molecule has 0 aromatic carbocycles. The van der Waals surface area contributed by atoms with Crippen molar-refractivity contribution in [1.82, 2.24) is 14.9 Å². The van der Waals surface area contributed by atoms with E-state index in [0.717, 1.165) is 0 Å². The molecule has 1 aromatic rings. The predicted octanol–water partition coefficient (Wildman–Crippen LogP) is 1.39. The van der Waals surface area contributed by atoms with Crippen LogP contribution in [0.25, 0.3) is 0 Å². The molecule has 1 unspecified atom stereocenters. The van der Waals surface area contributed by atoms with E-state index in [2.05, 4.69) is 10.3 Å². The molecule has 2 rings (SSSR count). The molecule has 1 N–H and O–H groups in total. The van der Waals surface area contributed by atoms with Gasteiger partial charge in [-0.2, -0.15) is 13.2 Å². The van der Waals surface area contributed by atoms with Crippen LogP contribution < -0.4 is 5.32 Å². The molecule has 0 saturated heterocycles. The lowest BCUT2D eigenvalue weighted by Crippen LogP contribution is -2.37. The Kier molecular flexibility index (Phi) is 2.02. The number of hydrogen-bond acceptors (Lipinski definition) is 2. The molecule has 0 bridgehead atoms. The summed E-state index contributed by atoms with van der Waals surface area (Å²) < 4.78 is 38.5. The first-order valence-corrected chi connectivity index (χ1v) is 4.33. The van der Waals surface area contributed by atoms with Crippen LogP contribution in [0.5, 0.6) is 0 Å². The Bertz CT molecular complexity index is 342.